The smallest absolute Gasteiger partial charge is 0.0638 e. The lowest BCUT2D eigenvalue weighted by Gasteiger charge is -2.29. The first-order valence-corrected chi connectivity index (χ1v) is 7.57. The monoisotopic (exact) mass is 264 g/mol. The summed E-state index contributed by atoms with van der Waals surface area (Å²) in [6.45, 7) is 10.3. The first-order chi connectivity index (χ1) is 9.15. The van der Waals surface area contributed by atoms with Crippen molar-refractivity contribution in [2.24, 2.45) is 13.0 Å². The lowest BCUT2D eigenvalue weighted by atomic mass is 10.1. The summed E-state index contributed by atoms with van der Waals surface area (Å²) in [4.78, 5) is 2.62. The van der Waals surface area contributed by atoms with Gasteiger partial charge in [0.15, 0.2) is 0 Å². The third-order valence-corrected chi connectivity index (χ3v) is 3.94. The molecule has 0 spiro atoms. The van der Waals surface area contributed by atoms with Gasteiger partial charge in [-0.1, -0.05) is 13.3 Å². The van der Waals surface area contributed by atoms with Crippen molar-refractivity contribution in [1.29, 1.82) is 0 Å². The topological polar surface area (TPSA) is 33.1 Å². The van der Waals surface area contributed by atoms with Crippen LogP contribution in [0.15, 0.2) is 6.20 Å². The van der Waals surface area contributed by atoms with E-state index < -0.39 is 0 Å². The summed E-state index contributed by atoms with van der Waals surface area (Å²) in [5.41, 5.74) is 2.45. The predicted octanol–water partition coefficient (Wildman–Crippen LogP) is 1.94. The third-order valence-electron chi connectivity index (χ3n) is 3.94. The first kappa shape index (κ1) is 14.5. The van der Waals surface area contributed by atoms with E-state index >= 15 is 0 Å². The minimum absolute atomic E-state index is 0.718. The number of hydrogen-bond donors (Lipinski definition) is 1. The minimum Gasteiger partial charge on any atom is -0.312 e. The van der Waals surface area contributed by atoms with E-state index in [9.17, 15) is 0 Å². The maximum absolute atomic E-state index is 4.37. The van der Waals surface area contributed by atoms with Gasteiger partial charge in [-0.2, -0.15) is 5.10 Å². The van der Waals surface area contributed by atoms with Crippen LogP contribution in [0, 0.1) is 12.8 Å². The highest BCUT2D eigenvalue weighted by Gasteiger charge is 2.13. The van der Waals surface area contributed by atoms with Crippen molar-refractivity contribution < 1.29 is 0 Å². The Morgan fingerprint density at radius 2 is 2.05 bits per heavy atom. The van der Waals surface area contributed by atoms with E-state index in [0.717, 1.165) is 24.7 Å². The Hall–Kier alpha value is -0.870. The summed E-state index contributed by atoms with van der Waals surface area (Å²) >= 11 is 0. The average Bonchev–Trinajstić information content (AvgIpc) is 2.69. The third kappa shape index (κ3) is 4.62. The molecule has 1 aromatic rings. The molecule has 1 aromatic heterocycles. The molecule has 19 heavy (non-hydrogen) atoms. The molecule has 4 nitrogen and oxygen atoms in total. The van der Waals surface area contributed by atoms with Crippen molar-refractivity contribution in [1.82, 2.24) is 20.0 Å². The number of piperidine rings is 1. The van der Waals surface area contributed by atoms with Crippen molar-refractivity contribution in [3.8, 4) is 0 Å². The molecule has 1 unspecified atom stereocenters. The highest BCUT2D eigenvalue weighted by atomic mass is 15.2. The van der Waals surface area contributed by atoms with E-state index in [1.54, 1.807) is 0 Å². The van der Waals surface area contributed by atoms with Gasteiger partial charge >= 0.3 is 0 Å². The summed E-state index contributed by atoms with van der Waals surface area (Å²) < 4.78 is 1.89. The van der Waals surface area contributed by atoms with Crippen LogP contribution in [0.3, 0.4) is 0 Å². The van der Waals surface area contributed by atoms with Gasteiger partial charge in [-0.3, -0.25) is 4.68 Å². The molecule has 0 amide bonds. The number of hydrogen-bond acceptors (Lipinski definition) is 3. The fraction of sp³-hybridized carbons (Fsp3) is 0.800. The molecule has 1 fully saturated rings. The van der Waals surface area contributed by atoms with Gasteiger partial charge in [0.2, 0.25) is 0 Å². The number of aromatic nitrogens is 2. The summed E-state index contributed by atoms with van der Waals surface area (Å²) in [6, 6.07) is 0. The molecule has 1 atom stereocenters. The van der Waals surface area contributed by atoms with Crippen LogP contribution in [0.4, 0.5) is 0 Å². The molecule has 2 rings (SSSR count). The molecule has 1 aliphatic rings. The van der Waals surface area contributed by atoms with Gasteiger partial charge in [0.05, 0.1) is 5.69 Å². The van der Waals surface area contributed by atoms with Crippen LogP contribution in [0.5, 0.6) is 0 Å². The van der Waals surface area contributed by atoms with Gasteiger partial charge in [0.1, 0.15) is 0 Å². The number of aryl methyl sites for hydroxylation is 2. The highest BCUT2D eigenvalue weighted by Crippen LogP contribution is 2.11. The predicted molar refractivity (Wildman–Crippen MR) is 79.1 cm³/mol. The number of likely N-dealkylation sites (tertiary alicyclic amines) is 1. The Morgan fingerprint density at radius 3 is 2.68 bits per heavy atom. The van der Waals surface area contributed by atoms with Crippen LogP contribution in [-0.2, 0) is 13.6 Å². The quantitative estimate of drug-likeness (QED) is 0.852. The van der Waals surface area contributed by atoms with E-state index in [0.29, 0.717) is 0 Å². The van der Waals surface area contributed by atoms with E-state index in [2.05, 4.69) is 35.4 Å². The second-order valence-corrected chi connectivity index (χ2v) is 6.01. The standard InChI is InChI=1S/C15H28N4/c1-13(11-19-7-5-4-6-8-19)9-16-10-15-12-18(3)17-14(15)2/h12-13,16H,4-11H2,1-3H3. The summed E-state index contributed by atoms with van der Waals surface area (Å²) in [5, 5.41) is 7.94. The molecule has 0 aromatic carbocycles. The summed E-state index contributed by atoms with van der Waals surface area (Å²) in [6.07, 6.45) is 6.30. The van der Waals surface area contributed by atoms with Crippen molar-refractivity contribution in [3.63, 3.8) is 0 Å². The highest BCUT2D eigenvalue weighted by molar-refractivity contribution is 5.14. The summed E-state index contributed by atoms with van der Waals surface area (Å²) in [5.74, 6) is 0.718. The summed E-state index contributed by atoms with van der Waals surface area (Å²) in [7, 11) is 1.98. The molecule has 1 aliphatic heterocycles. The molecule has 108 valence electrons. The van der Waals surface area contributed by atoms with Crippen molar-refractivity contribution in [2.45, 2.75) is 39.7 Å². The van der Waals surface area contributed by atoms with Gasteiger partial charge in [-0.05, 0) is 45.3 Å². The lowest BCUT2D eigenvalue weighted by molar-refractivity contribution is 0.199. The molecule has 1 saturated heterocycles. The average molecular weight is 264 g/mol. The van der Waals surface area contributed by atoms with Gasteiger partial charge in [-0.15, -0.1) is 0 Å². The zero-order valence-electron chi connectivity index (χ0n) is 12.7. The first-order valence-electron chi connectivity index (χ1n) is 7.57. The largest absolute Gasteiger partial charge is 0.312 e. The van der Waals surface area contributed by atoms with Crippen LogP contribution in [0.2, 0.25) is 0 Å². The van der Waals surface area contributed by atoms with Crippen LogP contribution < -0.4 is 5.32 Å². The zero-order valence-corrected chi connectivity index (χ0v) is 12.7. The molecule has 0 aliphatic carbocycles. The number of nitrogens with one attached hydrogen (secondary N) is 1. The van der Waals surface area contributed by atoms with Gasteiger partial charge < -0.3 is 10.2 Å². The van der Waals surface area contributed by atoms with Crippen LogP contribution in [0.1, 0.15) is 37.4 Å². The Kier molecular flexibility index (Phi) is 5.40. The maximum Gasteiger partial charge on any atom is 0.0638 e. The van der Waals surface area contributed by atoms with Crippen molar-refractivity contribution in [2.75, 3.05) is 26.2 Å². The molecular weight excluding hydrogens is 236 g/mol. The number of rotatable bonds is 6. The zero-order chi connectivity index (χ0) is 13.7. The van der Waals surface area contributed by atoms with Gasteiger partial charge in [0.25, 0.3) is 0 Å². The van der Waals surface area contributed by atoms with E-state index in [1.165, 1.54) is 44.5 Å². The second-order valence-electron chi connectivity index (χ2n) is 6.01. The van der Waals surface area contributed by atoms with Gasteiger partial charge in [0, 0.05) is 31.9 Å². The van der Waals surface area contributed by atoms with Crippen molar-refractivity contribution >= 4 is 0 Å². The normalized spacial score (nSPS) is 18.7. The SMILES string of the molecule is Cc1nn(C)cc1CNCC(C)CN1CCCCC1. The Bertz CT molecular complexity index is 379. The fourth-order valence-corrected chi connectivity index (χ4v) is 2.92. The fourth-order valence-electron chi connectivity index (χ4n) is 2.92. The lowest BCUT2D eigenvalue weighted by Crippen LogP contribution is -2.36. The van der Waals surface area contributed by atoms with E-state index in [4.69, 9.17) is 0 Å². The van der Waals surface area contributed by atoms with Crippen LogP contribution in [-0.4, -0.2) is 40.9 Å². The molecule has 0 saturated carbocycles. The number of nitrogens with zero attached hydrogens (tertiary/aromatic N) is 3. The molecule has 0 bridgehead atoms. The Morgan fingerprint density at radius 1 is 1.32 bits per heavy atom. The van der Waals surface area contributed by atoms with Crippen LogP contribution in [0.25, 0.3) is 0 Å². The molecule has 4 heteroatoms. The maximum atomic E-state index is 4.37. The van der Waals surface area contributed by atoms with Crippen LogP contribution >= 0.6 is 0 Å². The van der Waals surface area contributed by atoms with E-state index in [1.807, 2.05) is 11.7 Å². The van der Waals surface area contributed by atoms with Gasteiger partial charge in [-0.25, -0.2) is 0 Å². The molecule has 2 heterocycles. The molecule has 0 radical (unpaired) electrons. The Labute approximate surface area is 117 Å². The van der Waals surface area contributed by atoms with Crippen molar-refractivity contribution in [3.05, 3.63) is 17.5 Å². The molecule has 1 N–H and O–H groups in total. The Balaban J connectivity index is 1.65. The van der Waals surface area contributed by atoms with E-state index in [-0.39, 0.29) is 0 Å². The molecular formula is C15H28N4. The second kappa shape index (κ2) is 7.06. The minimum atomic E-state index is 0.718.